The van der Waals surface area contributed by atoms with Gasteiger partial charge in [-0.1, -0.05) is 23.2 Å². The van der Waals surface area contributed by atoms with E-state index in [1.165, 1.54) is 19.2 Å². The van der Waals surface area contributed by atoms with Crippen molar-refractivity contribution in [1.82, 2.24) is 4.31 Å². The first kappa shape index (κ1) is 16.4. The zero-order valence-electron chi connectivity index (χ0n) is 11.0. The molecular weight excluding hydrogens is 341 g/mol. The summed E-state index contributed by atoms with van der Waals surface area (Å²) >= 11 is 11.9. The Morgan fingerprint density at radius 2 is 2.05 bits per heavy atom. The van der Waals surface area contributed by atoms with Gasteiger partial charge in [0, 0.05) is 12.6 Å². The average molecular weight is 354 g/mol. The highest BCUT2D eigenvalue weighted by Gasteiger charge is 2.40. The van der Waals surface area contributed by atoms with Crippen LogP contribution in [0.2, 0.25) is 10.0 Å². The van der Waals surface area contributed by atoms with Crippen LogP contribution in [0.5, 0.6) is 5.75 Å². The number of carboxylic acid groups (broad SMARTS) is 1. The summed E-state index contributed by atoms with van der Waals surface area (Å²) in [7, 11) is -2.65. The molecule has 0 saturated carbocycles. The molecule has 1 fully saturated rings. The number of hydrogen-bond acceptors (Lipinski definition) is 4. The summed E-state index contributed by atoms with van der Waals surface area (Å²) in [6, 6.07) is 1.39. The van der Waals surface area contributed by atoms with E-state index in [-0.39, 0.29) is 33.7 Å². The van der Waals surface area contributed by atoms with E-state index in [4.69, 9.17) is 33.0 Å². The first-order chi connectivity index (χ1) is 9.78. The molecule has 0 bridgehead atoms. The summed E-state index contributed by atoms with van der Waals surface area (Å²) < 4.78 is 31.1. The van der Waals surface area contributed by atoms with Gasteiger partial charge in [0.2, 0.25) is 10.0 Å². The number of sulfonamides is 1. The van der Waals surface area contributed by atoms with Crippen molar-refractivity contribution < 1.29 is 23.1 Å². The van der Waals surface area contributed by atoms with Gasteiger partial charge in [-0.3, -0.25) is 4.79 Å². The fourth-order valence-electron chi connectivity index (χ4n) is 2.27. The molecule has 6 nitrogen and oxygen atoms in total. The number of rotatable bonds is 4. The van der Waals surface area contributed by atoms with Gasteiger partial charge in [-0.15, -0.1) is 0 Å². The maximum Gasteiger partial charge on any atom is 0.322 e. The molecule has 1 N–H and O–H groups in total. The number of nitrogens with zero attached hydrogens (tertiary/aromatic N) is 1. The van der Waals surface area contributed by atoms with Gasteiger partial charge in [-0.25, -0.2) is 8.42 Å². The Hall–Kier alpha value is -1.02. The normalized spacial score (nSPS) is 19.7. The molecule has 0 aliphatic carbocycles. The molecule has 1 aliphatic heterocycles. The summed E-state index contributed by atoms with van der Waals surface area (Å²) in [6.45, 7) is 0.138. The molecule has 9 heteroatoms. The van der Waals surface area contributed by atoms with E-state index in [0.717, 1.165) is 4.31 Å². The molecule has 1 atom stereocenters. The molecule has 0 unspecified atom stereocenters. The summed E-state index contributed by atoms with van der Waals surface area (Å²) in [5.74, 6) is -0.927. The molecule has 1 aromatic carbocycles. The average Bonchev–Trinajstić information content (AvgIpc) is 2.91. The van der Waals surface area contributed by atoms with Gasteiger partial charge < -0.3 is 9.84 Å². The van der Waals surface area contributed by atoms with Crippen LogP contribution in [0.25, 0.3) is 0 Å². The number of ether oxygens (including phenoxy) is 1. The quantitative estimate of drug-likeness (QED) is 0.897. The summed E-state index contributed by atoms with van der Waals surface area (Å²) in [5, 5.41) is 9.14. The Kier molecular flexibility index (Phi) is 4.67. The molecule has 1 aromatic rings. The van der Waals surface area contributed by atoms with Crippen molar-refractivity contribution in [3.05, 3.63) is 22.2 Å². The first-order valence-electron chi connectivity index (χ1n) is 6.06. The van der Waals surface area contributed by atoms with E-state index in [9.17, 15) is 13.2 Å². The molecule has 2 rings (SSSR count). The molecule has 116 valence electrons. The third-order valence-electron chi connectivity index (χ3n) is 3.28. The van der Waals surface area contributed by atoms with Crippen LogP contribution >= 0.6 is 23.2 Å². The van der Waals surface area contributed by atoms with Crippen LogP contribution in [0.3, 0.4) is 0 Å². The van der Waals surface area contributed by atoms with Crippen molar-refractivity contribution >= 4 is 39.2 Å². The van der Waals surface area contributed by atoms with Crippen molar-refractivity contribution in [3.63, 3.8) is 0 Å². The van der Waals surface area contributed by atoms with Crippen LogP contribution in [0, 0.1) is 0 Å². The van der Waals surface area contributed by atoms with Gasteiger partial charge in [0.15, 0.2) is 0 Å². The lowest BCUT2D eigenvalue weighted by Crippen LogP contribution is -2.40. The highest BCUT2D eigenvalue weighted by atomic mass is 35.5. The van der Waals surface area contributed by atoms with Gasteiger partial charge >= 0.3 is 5.97 Å². The Balaban J connectivity index is 2.49. The Morgan fingerprint density at radius 1 is 1.38 bits per heavy atom. The number of methoxy groups -OCH3 is 1. The topological polar surface area (TPSA) is 83.9 Å². The van der Waals surface area contributed by atoms with Crippen molar-refractivity contribution in [3.8, 4) is 5.75 Å². The van der Waals surface area contributed by atoms with Crippen LogP contribution in [0.1, 0.15) is 12.8 Å². The van der Waals surface area contributed by atoms with Crippen LogP contribution in [-0.4, -0.2) is 43.5 Å². The molecule has 0 spiro atoms. The van der Waals surface area contributed by atoms with Crippen LogP contribution in [-0.2, 0) is 14.8 Å². The van der Waals surface area contributed by atoms with Gasteiger partial charge in [0.25, 0.3) is 0 Å². The summed E-state index contributed by atoms with van der Waals surface area (Å²) in [6.07, 6.45) is 0.758. The number of halogens is 2. The minimum atomic E-state index is -4.03. The largest absolute Gasteiger partial charge is 0.495 e. The van der Waals surface area contributed by atoms with E-state index in [1.807, 2.05) is 0 Å². The van der Waals surface area contributed by atoms with E-state index < -0.39 is 22.0 Å². The molecule has 1 saturated heterocycles. The second kappa shape index (κ2) is 6.00. The van der Waals surface area contributed by atoms with E-state index in [2.05, 4.69) is 0 Å². The van der Waals surface area contributed by atoms with Crippen molar-refractivity contribution in [2.45, 2.75) is 23.8 Å². The first-order valence-corrected chi connectivity index (χ1v) is 8.26. The van der Waals surface area contributed by atoms with E-state index in [0.29, 0.717) is 6.42 Å². The number of carbonyl (C=O) groups is 1. The van der Waals surface area contributed by atoms with Gasteiger partial charge in [0.1, 0.15) is 16.7 Å². The standard InChI is InChI=1S/C12H13Cl2NO5S/c1-20-10-5-8(14)11(6-7(10)13)21(18,19)15-4-2-3-9(15)12(16)17/h5-6,9H,2-4H2,1H3,(H,16,17)/t9-/m0/s1. The fourth-order valence-corrected chi connectivity index (χ4v) is 4.74. The molecule has 0 radical (unpaired) electrons. The third kappa shape index (κ3) is 2.96. The molecule has 1 heterocycles. The van der Waals surface area contributed by atoms with E-state index >= 15 is 0 Å². The third-order valence-corrected chi connectivity index (χ3v) is 5.95. The predicted octanol–water partition coefficient (Wildman–Crippen LogP) is 2.24. The Morgan fingerprint density at radius 3 is 2.62 bits per heavy atom. The number of aliphatic carboxylic acids is 1. The minimum absolute atomic E-state index is 0.0627. The molecule has 0 aromatic heterocycles. The maximum absolute atomic E-state index is 12.6. The van der Waals surface area contributed by atoms with E-state index in [1.54, 1.807) is 0 Å². The summed E-state index contributed by atoms with van der Waals surface area (Å²) in [5.41, 5.74) is 0. The number of hydrogen-bond donors (Lipinski definition) is 1. The molecule has 21 heavy (non-hydrogen) atoms. The van der Waals surface area contributed by atoms with Crippen molar-refractivity contribution in [2.24, 2.45) is 0 Å². The smallest absolute Gasteiger partial charge is 0.322 e. The maximum atomic E-state index is 12.6. The predicted molar refractivity (Wildman–Crippen MR) is 77.6 cm³/mol. The van der Waals surface area contributed by atoms with Gasteiger partial charge in [0.05, 0.1) is 17.2 Å². The monoisotopic (exact) mass is 353 g/mol. The second-order valence-electron chi connectivity index (χ2n) is 4.53. The molecular formula is C12H13Cl2NO5S. The van der Waals surface area contributed by atoms with Gasteiger partial charge in [-0.05, 0) is 18.9 Å². The lowest BCUT2D eigenvalue weighted by Gasteiger charge is -2.22. The van der Waals surface area contributed by atoms with Crippen molar-refractivity contribution in [1.29, 1.82) is 0 Å². The minimum Gasteiger partial charge on any atom is -0.495 e. The van der Waals surface area contributed by atoms with Crippen molar-refractivity contribution in [2.75, 3.05) is 13.7 Å². The lowest BCUT2D eigenvalue weighted by molar-refractivity contribution is -0.140. The molecule has 0 amide bonds. The van der Waals surface area contributed by atoms with Crippen LogP contribution in [0.4, 0.5) is 0 Å². The highest BCUT2D eigenvalue weighted by molar-refractivity contribution is 7.89. The number of carboxylic acids is 1. The SMILES string of the molecule is COc1cc(Cl)c(S(=O)(=O)N2CCC[C@H]2C(=O)O)cc1Cl. The Bertz CT molecular complexity index is 676. The lowest BCUT2D eigenvalue weighted by atomic mass is 10.2. The van der Waals surface area contributed by atoms with Crippen LogP contribution < -0.4 is 4.74 Å². The highest BCUT2D eigenvalue weighted by Crippen LogP contribution is 2.36. The van der Waals surface area contributed by atoms with Crippen LogP contribution in [0.15, 0.2) is 17.0 Å². The molecule has 1 aliphatic rings. The zero-order valence-corrected chi connectivity index (χ0v) is 13.4. The summed E-state index contributed by atoms with van der Waals surface area (Å²) in [4.78, 5) is 10.9. The fraction of sp³-hybridized carbons (Fsp3) is 0.417. The Labute approximate surface area is 132 Å². The zero-order chi connectivity index (χ0) is 15.8. The number of benzene rings is 1. The second-order valence-corrected chi connectivity index (χ2v) is 7.20. The van der Waals surface area contributed by atoms with Gasteiger partial charge in [-0.2, -0.15) is 4.31 Å².